The van der Waals surface area contributed by atoms with Crippen molar-refractivity contribution in [2.24, 2.45) is 5.16 Å². The van der Waals surface area contributed by atoms with Crippen molar-refractivity contribution in [2.75, 3.05) is 6.61 Å². The van der Waals surface area contributed by atoms with Crippen LogP contribution >= 0.6 is 0 Å². The van der Waals surface area contributed by atoms with Gasteiger partial charge < -0.3 is 25.3 Å². The van der Waals surface area contributed by atoms with E-state index >= 15 is 0 Å². The fourth-order valence-electron chi connectivity index (χ4n) is 1.74. The van der Waals surface area contributed by atoms with Crippen molar-refractivity contribution in [3.63, 3.8) is 0 Å². The zero-order valence-corrected chi connectivity index (χ0v) is 9.09. The van der Waals surface area contributed by atoms with Crippen LogP contribution in [0.15, 0.2) is 22.2 Å². The normalized spacial score (nSPS) is 33.7. The molecule has 0 bridgehead atoms. The first kappa shape index (κ1) is 11.4. The van der Waals surface area contributed by atoms with Crippen molar-refractivity contribution in [3.8, 4) is 0 Å². The number of rotatable bonds is 2. The van der Waals surface area contributed by atoms with Crippen molar-refractivity contribution in [1.29, 1.82) is 0 Å². The van der Waals surface area contributed by atoms with Crippen molar-refractivity contribution in [1.82, 2.24) is 9.55 Å². The molecule has 9 nitrogen and oxygen atoms in total. The molecular weight excluding hydrogens is 246 g/mol. The summed E-state index contributed by atoms with van der Waals surface area (Å²) in [5.74, 6) is 0. The van der Waals surface area contributed by atoms with Gasteiger partial charge in [0, 0.05) is 12.2 Å². The maximum absolute atomic E-state index is 11.7. The monoisotopic (exact) mass is 260 g/mol. The van der Waals surface area contributed by atoms with E-state index in [-0.39, 0.29) is 11.5 Å². The number of aliphatic hydroxyl groups is 3. The highest BCUT2D eigenvalue weighted by Crippen LogP contribution is 2.27. The summed E-state index contributed by atoms with van der Waals surface area (Å²) < 4.78 is 13.5. The average molecular weight is 260 g/mol. The molecule has 1 aliphatic heterocycles. The molecule has 9 heteroatoms. The Morgan fingerprint density at radius 2 is 2.28 bits per heavy atom. The molecule has 5 N–H and O–H groups in total. The molecule has 0 radical (unpaired) electrons. The Kier molecular flexibility index (Phi) is 3.11. The number of hydrogen-bond acceptors (Lipinski definition) is 7. The van der Waals surface area contributed by atoms with E-state index in [0.717, 1.165) is 10.8 Å². The molecule has 1 aromatic heterocycles. The lowest BCUT2D eigenvalue weighted by Gasteiger charge is -2.16. The second kappa shape index (κ2) is 4.90. The Hall–Kier alpha value is -1.68. The van der Waals surface area contributed by atoms with Crippen molar-refractivity contribution >= 4 is 0 Å². The van der Waals surface area contributed by atoms with Gasteiger partial charge in [0.05, 0.1) is 7.98 Å². The summed E-state index contributed by atoms with van der Waals surface area (Å²) in [7, 11) is 0. The van der Waals surface area contributed by atoms with Crippen molar-refractivity contribution in [2.45, 2.75) is 24.5 Å². The zero-order valence-electron chi connectivity index (χ0n) is 10.1. The van der Waals surface area contributed by atoms with Gasteiger partial charge in [-0.1, -0.05) is 5.16 Å². The first-order valence-corrected chi connectivity index (χ1v) is 5.12. The maximum Gasteiger partial charge on any atom is 0.329 e. The molecule has 1 saturated heterocycles. The highest BCUT2D eigenvalue weighted by atomic mass is 16.6. The number of aliphatic hydroxyl groups excluding tert-OH is 3. The first-order chi connectivity index (χ1) is 8.99. The molecule has 2 rings (SSSR count). The summed E-state index contributed by atoms with van der Waals surface area (Å²) >= 11 is 0. The van der Waals surface area contributed by atoms with E-state index in [9.17, 15) is 15.0 Å². The molecule has 0 aromatic carbocycles. The average Bonchev–Trinajstić information content (AvgIpc) is 2.68. The quantitative estimate of drug-likeness (QED) is 0.285. The largest absolute Gasteiger partial charge is 0.409 e. The van der Waals surface area contributed by atoms with Gasteiger partial charge >= 0.3 is 5.69 Å². The van der Waals surface area contributed by atoms with Gasteiger partial charge in [-0.3, -0.25) is 9.55 Å². The second-order valence-corrected chi connectivity index (χ2v) is 3.79. The molecule has 4 atom stereocenters. The fourth-order valence-corrected chi connectivity index (χ4v) is 1.74. The van der Waals surface area contributed by atoms with Crippen molar-refractivity contribution in [3.05, 3.63) is 28.2 Å². The Bertz CT molecular complexity index is 584. The number of nitrogens with one attached hydrogen (secondary N) is 1. The number of hydrogen-bond donors (Lipinski definition) is 5. The van der Waals surface area contributed by atoms with Crippen LogP contribution in [0, 0.1) is 0 Å². The summed E-state index contributed by atoms with van der Waals surface area (Å²) in [6.07, 6.45) is -4.05. The minimum Gasteiger partial charge on any atom is -0.409 e. The number of aromatic nitrogens is 2. The van der Waals surface area contributed by atoms with Gasteiger partial charge in [-0.15, -0.1) is 0 Å². The van der Waals surface area contributed by atoms with E-state index in [0.29, 0.717) is 0 Å². The molecule has 0 aliphatic carbocycles. The maximum atomic E-state index is 11.7. The van der Waals surface area contributed by atoms with Gasteiger partial charge in [-0.25, -0.2) is 4.79 Å². The summed E-state index contributed by atoms with van der Waals surface area (Å²) in [6.45, 7) is -0.523. The minimum absolute atomic E-state index is 0.306. The van der Waals surface area contributed by atoms with Gasteiger partial charge in [0.15, 0.2) is 11.7 Å². The first-order valence-electron chi connectivity index (χ1n) is 5.62. The molecule has 100 valence electrons. The van der Waals surface area contributed by atoms with E-state index in [1.807, 2.05) is 0 Å². The van der Waals surface area contributed by atoms with Gasteiger partial charge in [0.1, 0.15) is 18.3 Å². The Labute approximate surface area is 102 Å². The van der Waals surface area contributed by atoms with Crippen LogP contribution in [-0.2, 0) is 4.74 Å². The highest BCUT2D eigenvalue weighted by molar-refractivity contribution is 4.92. The molecular formula is C9H13N3O6. The summed E-state index contributed by atoms with van der Waals surface area (Å²) in [4.78, 5) is 13.8. The van der Waals surface area contributed by atoms with Crippen LogP contribution < -0.4 is 11.2 Å². The lowest BCUT2D eigenvalue weighted by atomic mass is 10.1. The van der Waals surface area contributed by atoms with E-state index in [2.05, 4.69) is 10.1 Å². The van der Waals surface area contributed by atoms with Crippen LogP contribution in [0.5, 0.6) is 0 Å². The van der Waals surface area contributed by atoms with Gasteiger partial charge in [-0.2, -0.15) is 0 Å². The van der Waals surface area contributed by atoms with Crippen LogP contribution in [-0.4, -0.2) is 55.0 Å². The smallest absolute Gasteiger partial charge is 0.329 e. The van der Waals surface area contributed by atoms with Gasteiger partial charge in [-0.05, 0) is 0 Å². The van der Waals surface area contributed by atoms with Crippen molar-refractivity contribution < 1.29 is 26.6 Å². The van der Waals surface area contributed by atoms with Gasteiger partial charge in [0.2, 0.25) is 0 Å². The van der Waals surface area contributed by atoms with Crippen LogP contribution in [0.2, 0.25) is 0 Å². The van der Waals surface area contributed by atoms with Crippen LogP contribution in [0.4, 0.5) is 0 Å². The number of H-pyrrole nitrogens is 1. The standard InChI is InChI=1S/C9H13N3O6/c13-3-4-6(14)7(15)8(18-4)12-2-1-5(11-17)10-9(12)16/h1-2,4,6-8,13-15,17H,3H2,(H,10,11,16)/t4-,6+,7?,8-/m1/s1/i1D. The SMILES string of the molecule is [2H]c1cn([C@@H]2O[C@H](CO)[C@H](O)C2O)c(=O)[nH]/c1=N\O. The predicted molar refractivity (Wildman–Crippen MR) is 55.4 cm³/mol. The summed E-state index contributed by atoms with van der Waals surface area (Å²) in [5.41, 5.74) is -1.13. The zero-order chi connectivity index (χ0) is 14.2. The lowest BCUT2D eigenvalue weighted by molar-refractivity contribution is -0.0550. The van der Waals surface area contributed by atoms with E-state index in [1.54, 1.807) is 0 Å². The molecule has 0 spiro atoms. The predicted octanol–water partition coefficient (Wildman–Crippen LogP) is -2.92. The molecule has 18 heavy (non-hydrogen) atoms. The topological polar surface area (TPSA) is 140 Å². The summed E-state index contributed by atoms with van der Waals surface area (Å²) in [5, 5.41) is 39.6. The highest BCUT2D eigenvalue weighted by Gasteiger charge is 2.43. The van der Waals surface area contributed by atoms with Crippen LogP contribution in [0.25, 0.3) is 0 Å². The molecule has 1 unspecified atom stereocenters. The molecule has 0 amide bonds. The number of ether oxygens (including phenoxy) is 1. The number of aromatic amines is 1. The minimum atomic E-state index is -1.43. The fraction of sp³-hybridized carbons (Fsp3) is 0.556. The Morgan fingerprint density at radius 1 is 1.56 bits per heavy atom. The van der Waals surface area contributed by atoms with E-state index in [1.165, 1.54) is 0 Å². The second-order valence-electron chi connectivity index (χ2n) is 3.79. The van der Waals surface area contributed by atoms with E-state index < -0.39 is 36.8 Å². The molecule has 1 aromatic rings. The Balaban J connectivity index is 2.44. The Morgan fingerprint density at radius 3 is 2.83 bits per heavy atom. The molecule has 2 heterocycles. The third kappa shape index (κ3) is 2.04. The summed E-state index contributed by atoms with van der Waals surface area (Å²) in [6, 6.07) is -0.306. The lowest BCUT2D eigenvalue weighted by Crippen LogP contribution is -2.37. The van der Waals surface area contributed by atoms with E-state index in [4.69, 9.17) is 16.4 Å². The molecule has 1 fully saturated rings. The third-order valence-corrected chi connectivity index (χ3v) is 2.69. The van der Waals surface area contributed by atoms with Gasteiger partial charge in [0.25, 0.3) is 0 Å². The third-order valence-electron chi connectivity index (χ3n) is 2.69. The number of nitrogens with zero attached hydrogens (tertiary/aromatic N) is 2. The molecule has 0 saturated carbocycles. The molecule has 1 aliphatic rings. The van der Waals surface area contributed by atoms with Crippen LogP contribution in [0.3, 0.4) is 0 Å². The van der Waals surface area contributed by atoms with Crippen LogP contribution in [0.1, 0.15) is 7.60 Å².